The van der Waals surface area contributed by atoms with Gasteiger partial charge in [-0.05, 0) is 29.7 Å². The smallest absolute Gasteiger partial charge is 0.265 e. The molecule has 3 rings (SSSR count). The molecule has 1 amide bonds. The van der Waals surface area contributed by atoms with Crippen LogP contribution >= 0.6 is 11.5 Å². The number of hydrogen-bond acceptors (Lipinski definition) is 5. The summed E-state index contributed by atoms with van der Waals surface area (Å²) in [5, 5.41) is 2.56. The van der Waals surface area contributed by atoms with Gasteiger partial charge in [0.1, 0.15) is 22.2 Å². The van der Waals surface area contributed by atoms with E-state index < -0.39 is 17.5 Å². The minimum atomic E-state index is -0.718. The van der Waals surface area contributed by atoms with E-state index in [-0.39, 0.29) is 22.7 Å². The van der Waals surface area contributed by atoms with Gasteiger partial charge in [-0.1, -0.05) is 6.07 Å². The quantitative estimate of drug-likeness (QED) is 0.761. The Hall–Kier alpha value is -2.87. The summed E-state index contributed by atoms with van der Waals surface area (Å²) in [6.07, 6.45) is 3.20. The Kier molecular flexibility index (Phi) is 4.48. The molecule has 8 heteroatoms. The molecule has 1 aromatic carbocycles. The molecule has 0 radical (unpaired) electrons. The molecular formula is C16H12F2N4OS. The zero-order chi connectivity index (χ0) is 17.1. The van der Waals surface area contributed by atoms with Crippen LogP contribution in [-0.2, 0) is 6.54 Å². The molecule has 3 aromatic rings. The fourth-order valence-electron chi connectivity index (χ4n) is 2.10. The highest BCUT2D eigenvalue weighted by atomic mass is 32.1. The van der Waals surface area contributed by atoms with E-state index in [0.29, 0.717) is 5.69 Å². The van der Waals surface area contributed by atoms with E-state index >= 15 is 0 Å². The van der Waals surface area contributed by atoms with Crippen LogP contribution in [0.25, 0.3) is 11.3 Å². The third-order valence-corrected chi connectivity index (χ3v) is 4.20. The summed E-state index contributed by atoms with van der Waals surface area (Å²) in [6.45, 7) is -0.0765. The van der Waals surface area contributed by atoms with Gasteiger partial charge in [-0.2, -0.15) is 4.37 Å². The number of benzene rings is 1. The first-order chi connectivity index (χ1) is 11.6. The average molecular weight is 346 g/mol. The van der Waals surface area contributed by atoms with Crippen molar-refractivity contribution >= 4 is 23.1 Å². The van der Waals surface area contributed by atoms with Gasteiger partial charge >= 0.3 is 0 Å². The summed E-state index contributed by atoms with van der Waals surface area (Å²) in [5.41, 5.74) is 7.69. The van der Waals surface area contributed by atoms with E-state index in [0.717, 1.165) is 29.2 Å². The standard InChI is InChI=1S/C16H12F2N4OS/c17-11-2-1-10(12(18)7-11)8-21-16(23)15-13(19)14(22-24-15)9-3-5-20-6-4-9/h1-7H,8,19H2,(H,21,23). The molecule has 3 N–H and O–H groups in total. The summed E-state index contributed by atoms with van der Waals surface area (Å²) in [7, 11) is 0. The average Bonchev–Trinajstić information content (AvgIpc) is 2.96. The number of anilines is 1. The van der Waals surface area contributed by atoms with Gasteiger partial charge in [0, 0.05) is 36.1 Å². The Morgan fingerprint density at radius 2 is 1.96 bits per heavy atom. The number of pyridine rings is 1. The van der Waals surface area contributed by atoms with Crippen molar-refractivity contribution in [3.63, 3.8) is 0 Å². The highest BCUT2D eigenvalue weighted by molar-refractivity contribution is 7.09. The molecule has 0 bridgehead atoms. The van der Waals surface area contributed by atoms with Gasteiger partial charge in [0.2, 0.25) is 0 Å². The number of amides is 1. The number of nitrogens with one attached hydrogen (secondary N) is 1. The number of aromatic nitrogens is 2. The van der Waals surface area contributed by atoms with Crippen LogP contribution in [0, 0.1) is 11.6 Å². The summed E-state index contributed by atoms with van der Waals surface area (Å²) >= 11 is 0.960. The number of nitrogens with two attached hydrogens (primary N) is 1. The number of nitrogen functional groups attached to an aromatic ring is 1. The third kappa shape index (κ3) is 3.23. The number of rotatable bonds is 4. The Morgan fingerprint density at radius 1 is 1.21 bits per heavy atom. The van der Waals surface area contributed by atoms with E-state index in [4.69, 9.17) is 5.73 Å². The van der Waals surface area contributed by atoms with Crippen LogP contribution < -0.4 is 11.1 Å². The molecule has 0 saturated heterocycles. The first-order valence-corrected chi connectivity index (χ1v) is 7.71. The molecule has 0 fully saturated rings. The summed E-state index contributed by atoms with van der Waals surface area (Å²) in [5.74, 6) is -1.85. The van der Waals surface area contributed by atoms with Crippen LogP contribution in [-0.4, -0.2) is 15.3 Å². The lowest BCUT2D eigenvalue weighted by Gasteiger charge is -2.06. The van der Waals surface area contributed by atoms with Gasteiger partial charge < -0.3 is 11.1 Å². The van der Waals surface area contributed by atoms with Crippen molar-refractivity contribution in [2.24, 2.45) is 0 Å². The highest BCUT2D eigenvalue weighted by Crippen LogP contribution is 2.30. The van der Waals surface area contributed by atoms with Gasteiger partial charge in [-0.25, -0.2) is 8.78 Å². The Balaban J connectivity index is 1.75. The number of carbonyl (C=O) groups is 1. The van der Waals surface area contributed by atoms with E-state index in [2.05, 4.69) is 14.7 Å². The second-order valence-electron chi connectivity index (χ2n) is 4.93. The Labute approximate surface area is 140 Å². The van der Waals surface area contributed by atoms with Crippen LogP contribution in [0.3, 0.4) is 0 Å². The monoisotopic (exact) mass is 346 g/mol. The van der Waals surface area contributed by atoms with Gasteiger partial charge in [-0.3, -0.25) is 9.78 Å². The van der Waals surface area contributed by atoms with Crippen molar-refractivity contribution < 1.29 is 13.6 Å². The van der Waals surface area contributed by atoms with Crippen molar-refractivity contribution in [3.8, 4) is 11.3 Å². The number of hydrogen-bond donors (Lipinski definition) is 2. The number of carbonyl (C=O) groups excluding carboxylic acids is 1. The van der Waals surface area contributed by atoms with E-state index in [1.807, 2.05) is 0 Å². The summed E-state index contributed by atoms with van der Waals surface area (Å²) in [6, 6.07) is 6.66. The zero-order valence-corrected chi connectivity index (χ0v) is 13.1. The maximum Gasteiger partial charge on any atom is 0.265 e. The summed E-state index contributed by atoms with van der Waals surface area (Å²) in [4.78, 5) is 16.4. The lowest BCUT2D eigenvalue weighted by Crippen LogP contribution is -2.23. The van der Waals surface area contributed by atoms with E-state index in [9.17, 15) is 13.6 Å². The molecule has 0 atom stereocenters. The van der Waals surface area contributed by atoms with Crippen LogP contribution in [0.4, 0.5) is 14.5 Å². The second kappa shape index (κ2) is 6.71. The summed E-state index contributed by atoms with van der Waals surface area (Å²) < 4.78 is 30.6. The molecule has 2 heterocycles. The van der Waals surface area contributed by atoms with Crippen LogP contribution in [0.5, 0.6) is 0 Å². The van der Waals surface area contributed by atoms with Gasteiger partial charge in [0.25, 0.3) is 5.91 Å². The first kappa shape index (κ1) is 16.0. The van der Waals surface area contributed by atoms with Gasteiger partial charge in [-0.15, -0.1) is 0 Å². The van der Waals surface area contributed by atoms with Crippen molar-refractivity contribution in [2.75, 3.05) is 5.73 Å². The van der Waals surface area contributed by atoms with Crippen molar-refractivity contribution in [3.05, 3.63) is 64.8 Å². The highest BCUT2D eigenvalue weighted by Gasteiger charge is 2.18. The molecule has 5 nitrogen and oxygen atoms in total. The van der Waals surface area contributed by atoms with Gasteiger partial charge in [0.15, 0.2) is 0 Å². The predicted molar refractivity (Wildman–Crippen MR) is 87.3 cm³/mol. The van der Waals surface area contributed by atoms with Crippen LogP contribution in [0.2, 0.25) is 0 Å². The minimum Gasteiger partial charge on any atom is -0.396 e. The lowest BCUT2D eigenvalue weighted by atomic mass is 10.1. The molecule has 0 aliphatic heterocycles. The fraction of sp³-hybridized carbons (Fsp3) is 0.0625. The molecule has 0 aliphatic carbocycles. The maximum absolute atomic E-state index is 13.6. The van der Waals surface area contributed by atoms with Crippen LogP contribution in [0.1, 0.15) is 15.2 Å². The SMILES string of the molecule is Nc1c(-c2ccncc2)nsc1C(=O)NCc1ccc(F)cc1F. The second-order valence-corrected chi connectivity index (χ2v) is 5.70. The van der Waals surface area contributed by atoms with Crippen molar-refractivity contribution in [2.45, 2.75) is 6.54 Å². The molecule has 122 valence electrons. The predicted octanol–water partition coefficient (Wildman–Crippen LogP) is 3.00. The molecule has 0 saturated carbocycles. The molecule has 24 heavy (non-hydrogen) atoms. The maximum atomic E-state index is 13.6. The van der Waals surface area contributed by atoms with Crippen molar-refractivity contribution in [1.82, 2.24) is 14.7 Å². The molecule has 0 unspecified atom stereocenters. The lowest BCUT2D eigenvalue weighted by molar-refractivity contribution is 0.0955. The first-order valence-electron chi connectivity index (χ1n) is 6.94. The topological polar surface area (TPSA) is 80.9 Å². The molecule has 0 spiro atoms. The molecule has 0 aliphatic rings. The van der Waals surface area contributed by atoms with E-state index in [1.165, 1.54) is 6.07 Å². The fourth-order valence-corrected chi connectivity index (χ4v) is 2.84. The normalized spacial score (nSPS) is 10.6. The third-order valence-electron chi connectivity index (χ3n) is 3.34. The molecule has 2 aromatic heterocycles. The van der Waals surface area contributed by atoms with Crippen LogP contribution in [0.15, 0.2) is 42.7 Å². The Morgan fingerprint density at radius 3 is 2.67 bits per heavy atom. The molecular weight excluding hydrogens is 334 g/mol. The Bertz CT molecular complexity index is 883. The van der Waals surface area contributed by atoms with E-state index in [1.54, 1.807) is 24.5 Å². The zero-order valence-electron chi connectivity index (χ0n) is 12.3. The number of nitrogens with zero attached hydrogens (tertiary/aromatic N) is 2. The largest absolute Gasteiger partial charge is 0.396 e. The van der Waals surface area contributed by atoms with Gasteiger partial charge in [0.05, 0.1) is 5.69 Å². The number of halogens is 2. The van der Waals surface area contributed by atoms with Crippen molar-refractivity contribution in [1.29, 1.82) is 0 Å². The minimum absolute atomic E-state index is 0.0765.